The van der Waals surface area contributed by atoms with Crippen molar-refractivity contribution in [1.29, 1.82) is 0 Å². The van der Waals surface area contributed by atoms with Gasteiger partial charge in [0.25, 0.3) is 11.6 Å². The zero-order valence-corrected chi connectivity index (χ0v) is 11.0. The summed E-state index contributed by atoms with van der Waals surface area (Å²) < 4.78 is 4.77. The molecule has 1 aromatic heterocycles. The summed E-state index contributed by atoms with van der Waals surface area (Å²) in [6, 6.07) is 3.81. The third-order valence-electron chi connectivity index (χ3n) is 2.59. The Hall–Kier alpha value is -3.01. The fraction of sp³-hybridized carbons (Fsp3) is 0.182. The number of nitrogens with zero attached hydrogens (tertiary/aromatic N) is 3. The summed E-state index contributed by atoms with van der Waals surface area (Å²) in [5.74, 6) is 5.49. The average Bonchev–Trinajstić information content (AvgIpc) is 2.89. The molecule has 0 fully saturated rings. The minimum absolute atomic E-state index is 0.0445. The predicted octanol–water partition coefficient (Wildman–Crippen LogP) is 0.502. The number of aromatic nitrogens is 2. The van der Waals surface area contributed by atoms with Crippen LogP contribution in [0.1, 0.15) is 22.1 Å². The van der Waals surface area contributed by atoms with Crippen LogP contribution in [0.25, 0.3) is 0 Å². The van der Waals surface area contributed by atoms with Crippen LogP contribution in [-0.2, 0) is 6.54 Å². The standard InChI is InChI=1S/C11H12N6O4/c1-6-14-10(16-21-6)5-13-11(18)7-2-3-9(17(19)20)8(4-7)15-12/h2-4,15H,5,12H2,1H3,(H,13,18). The first-order chi connectivity index (χ1) is 10.0. The molecule has 2 aromatic rings. The van der Waals surface area contributed by atoms with E-state index >= 15 is 0 Å². The van der Waals surface area contributed by atoms with Gasteiger partial charge in [-0.25, -0.2) is 0 Å². The van der Waals surface area contributed by atoms with E-state index in [9.17, 15) is 14.9 Å². The first kappa shape index (κ1) is 14.4. The maximum atomic E-state index is 11.9. The van der Waals surface area contributed by atoms with Crippen molar-refractivity contribution in [3.05, 3.63) is 45.6 Å². The van der Waals surface area contributed by atoms with E-state index < -0.39 is 10.8 Å². The molecule has 2 rings (SSSR count). The van der Waals surface area contributed by atoms with Crippen molar-refractivity contribution < 1.29 is 14.2 Å². The number of nitrogens with two attached hydrogens (primary N) is 1. The minimum Gasteiger partial charge on any atom is -0.345 e. The zero-order valence-electron chi connectivity index (χ0n) is 11.0. The number of rotatable bonds is 5. The highest BCUT2D eigenvalue weighted by Crippen LogP contribution is 2.24. The molecule has 0 aliphatic heterocycles. The topological polar surface area (TPSA) is 149 Å². The number of aryl methyl sites for hydroxylation is 1. The van der Waals surface area contributed by atoms with Crippen LogP contribution in [0.4, 0.5) is 11.4 Å². The second-order valence-corrected chi connectivity index (χ2v) is 4.05. The Labute approximate surface area is 118 Å². The lowest BCUT2D eigenvalue weighted by Gasteiger charge is -2.06. The van der Waals surface area contributed by atoms with Gasteiger partial charge < -0.3 is 15.3 Å². The van der Waals surface area contributed by atoms with Gasteiger partial charge in [0.15, 0.2) is 5.82 Å². The lowest BCUT2D eigenvalue weighted by Crippen LogP contribution is -2.23. The predicted molar refractivity (Wildman–Crippen MR) is 71.1 cm³/mol. The molecule has 4 N–H and O–H groups in total. The molecule has 0 saturated heterocycles. The molecule has 0 bridgehead atoms. The lowest BCUT2D eigenvalue weighted by molar-refractivity contribution is -0.384. The van der Waals surface area contributed by atoms with Gasteiger partial charge in [-0.15, -0.1) is 0 Å². The highest BCUT2D eigenvalue weighted by molar-refractivity contribution is 5.95. The van der Waals surface area contributed by atoms with Crippen molar-refractivity contribution in [2.75, 3.05) is 5.43 Å². The highest BCUT2D eigenvalue weighted by atomic mass is 16.6. The molecule has 1 aromatic carbocycles. The summed E-state index contributed by atoms with van der Waals surface area (Å²) in [6.45, 7) is 1.71. The van der Waals surface area contributed by atoms with Gasteiger partial charge in [0.1, 0.15) is 5.69 Å². The zero-order chi connectivity index (χ0) is 15.4. The molecule has 110 valence electrons. The van der Waals surface area contributed by atoms with E-state index in [4.69, 9.17) is 10.4 Å². The lowest BCUT2D eigenvalue weighted by atomic mass is 10.1. The number of hydrogen-bond acceptors (Lipinski definition) is 8. The van der Waals surface area contributed by atoms with Crippen LogP contribution in [0.3, 0.4) is 0 Å². The molecule has 0 saturated carbocycles. The number of benzene rings is 1. The first-order valence-corrected chi connectivity index (χ1v) is 5.83. The van der Waals surface area contributed by atoms with E-state index in [1.807, 2.05) is 0 Å². The van der Waals surface area contributed by atoms with Gasteiger partial charge in [-0.05, 0) is 12.1 Å². The molecule has 0 aliphatic carbocycles. The molecule has 10 heteroatoms. The van der Waals surface area contributed by atoms with Gasteiger partial charge in [0.2, 0.25) is 5.89 Å². The number of nitro benzene ring substituents is 1. The normalized spacial score (nSPS) is 10.2. The maximum Gasteiger partial charge on any atom is 0.293 e. The van der Waals surface area contributed by atoms with E-state index in [1.54, 1.807) is 6.92 Å². The van der Waals surface area contributed by atoms with Gasteiger partial charge in [-0.1, -0.05) is 5.16 Å². The summed E-state index contributed by atoms with van der Waals surface area (Å²) >= 11 is 0. The van der Waals surface area contributed by atoms with Gasteiger partial charge >= 0.3 is 0 Å². The molecule has 0 aliphatic rings. The fourth-order valence-electron chi connectivity index (χ4n) is 1.63. The average molecular weight is 292 g/mol. The second kappa shape index (κ2) is 5.96. The molecule has 1 amide bonds. The Balaban J connectivity index is 2.10. The minimum atomic E-state index is -0.598. The molecular weight excluding hydrogens is 280 g/mol. The Morgan fingerprint density at radius 2 is 2.29 bits per heavy atom. The van der Waals surface area contributed by atoms with E-state index in [0.29, 0.717) is 11.7 Å². The number of nitro groups is 1. The monoisotopic (exact) mass is 292 g/mol. The number of amides is 1. The summed E-state index contributed by atoms with van der Waals surface area (Å²) in [6.07, 6.45) is 0. The van der Waals surface area contributed by atoms with Gasteiger partial charge in [0, 0.05) is 18.6 Å². The highest BCUT2D eigenvalue weighted by Gasteiger charge is 2.16. The summed E-state index contributed by atoms with van der Waals surface area (Å²) in [7, 11) is 0. The Bertz CT molecular complexity index is 683. The Kier molecular flexibility index (Phi) is 4.09. The van der Waals surface area contributed by atoms with E-state index in [1.165, 1.54) is 18.2 Å². The Morgan fingerprint density at radius 1 is 1.52 bits per heavy atom. The summed E-state index contributed by atoms with van der Waals surface area (Å²) in [5, 5.41) is 17.0. The molecule has 0 radical (unpaired) electrons. The third kappa shape index (κ3) is 3.30. The van der Waals surface area contributed by atoms with Crippen molar-refractivity contribution in [2.45, 2.75) is 13.5 Å². The number of carbonyl (C=O) groups excluding carboxylic acids is 1. The van der Waals surface area contributed by atoms with Crippen molar-refractivity contribution in [2.24, 2.45) is 5.84 Å². The van der Waals surface area contributed by atoms with Crippen molar-refractivity contribution in [3.63, 3.8) is 0 Å². The fourth-order valence-corrected chi connectivity index (χ4v) is 1.63. The molecular formula is C11H12N6O4. The Morgan fingerprint density at radius 3 is 2.86 bits per heavy atom. The van der Waals surface area contributed by atoms with Crippen LogP contribution in [0.5, 0.6) is 0 Å². The van der Waals surface area contributed by atoms with Crippen LogP contribution in [-0.4, -0.2) is 21.0 Å². The first-order valence-electron chi connectivity index (χ1n) is 5.83. The van der Waals surface area contributed by atoms with Crippen molar-refractivity contribution in [3.8, 4) is 0 Å². The third-order valence-corrected chi connectivity index (χ3v) is 2.59. The summed E-state index contributed by atoms with van der Waals surface area (Å²) in [5.41, 5.74) is 2.23. The van der Waals surface area contributed by atoms with E-state index in [-0.39, 0.29) is 23.5 Å². The SMILES string of the molecule is Cc1nc(CNC(=O)c2ccc([N+](=O)[O-])c(NN)c2)no1. The van der Waals surface area contributed by atoms with Crippen LogP contribution >= 0.6 is 0 Å². The van der Waals surface area contributed by atoms with Gasteiger partial charge in [0.05, 0.1) is 11.5 Å². The van der Waals surface area contributed by atoms with Crippen LogP contribution in [0.15, 0.2) is 22.7 Å². The van der Waals surface area contributed by atoms with Crippen LogP contribution in [0.2, 0.25) is 0 Å². The number of nitrogens with one attached hydrogen (secondary N) is 2. The molecule has 0 spiro atoms. The van der Waals surface area contributed by atoms with Crippen molar-refractivity contribution in [1.82, 2.24) is 15.5 Å². The second-order valence-electron chi connectivity index (χ2n) is 4.05. The number of hydrazine groups is 1. The van der Waals surface area contributed by atoms with Gasteiger partial charge in [-0.3, -0.25) is 20.8 Å². The number of hydrogen-bond donors (Lipinski definition) is 3. The number of anilines is 1. The number of carbonyl (C=O) groups is 1. The largest absolute Gasteiger partial charge is 0.345 e. The quantitative estimate of drug-likeness (QED) is 0.409. The molecule has 21 heavy (non-hydrogen) atoms. The van der Waals surface area contributed by atoms with Gasteiger partial charge in [-0.2, -0.15) is 4.98 Å². The van der Waals surface area contributed by atoms with E-state index in [2.05, 4.69) is 20.9 Å². The van der Waals surface area contributed by atoms with E-state index in [0.717, 1.165) is 0 Å². The summed E-state index contributed by atoms with van der Waals surface area (Å²) in [4.78, 5) is 26.0. The molecule has 1 heterocycles. The number of nitrogen functional groups attached to an aromatic ring is 1. The van der Waals surface area contributed by atoms with Crippen LogP contribution in [0, 0.1) is 17.0 Å². The smallest absolute Gasteiger partial charge is 0.293 e. The molecule has 0 unspecified atom stereocenters. The van der Waals surface area contributed by atoms with Crippen LogP contribution < -0.4 is 16.6 Å². The molecule has 10 nitrogen and oxygen atoms in total. The van der Waals surface area contributed by atoms with Crippen molar-refractivity contribution >= 4 is 17.3 Å². The maximum absolute atomic E-state index is 11.9. The molecule has 0 atom stereocenters.